The maximum absolute atomic E-state index is 13.6. The van der Waals surface area contributed by atoms with Crippen LogP contribution in [-0.2, 0) is 20.9 Å². The predicted molar refractivity (Wildman–Crippen MR) is 188 cm³/mol. The lowest BCUT2D eigenvalue weighted by Gasteiger charge is -2.36. The van der Waals surface area contributed by atoms with Crippen molar-refractivity contribution in [1.29, 1.82) is 5.26 Å². The smallest absolute Gasteiger partial charge is 0.310 e. The number of unbranched alkanes of at least 4 members (excludes halogenated alkanes) is 10. The van der Waals surface area contributed by atoms with Crippen LogP contribution in [0.3, 0.4) is 0 Å². The number of carbonyl (C=O) groups is 2. The first-order valence-corrected chi connectivity index (χ1v) is 18.4. The normalized spacial score (nSPS) is 17.8. The Balaban J connectivity index is 1.84. The Morgan fingerprint density at radius 3 is 2.27 bits per heavy atom. The molecular formula is C35H52N4O4S2. The van der Waals surface area contributed by atoms with Crippen LogP contribution in [-0.4, -0.2) is 51.9 Å². The molecule has 8 nitrogen and oxygen atoms in total. The number of anilines is 1. The molecule has 3 rings (SSSR count). The minimum atomic E-state index is -0.331. The molecular weight excluding hydrogens is 605 g/mol. The molecule has 10 heteroatoms. The van der Waals surface area contributed by atoms with Crippen LogP contribution in [0.4, 0.5) is 5.82 Å². The van der Waals surface area contributed by atoms with Crippen LogP contribution < -0.4 is 10.5 Å². The Morgan fingerprint density at radius 2 is 1.64 bits per heavy atom. The second kappa shape index (κ2) is 19.1. The lowest BCUT2D eigenvalue weighted by Crippen LogP contribution is -2.43. The molecule has 0 aliphatic carbocycles. The van der Waals surface area contributed by atoms with Crippen molar-refractivity contribution in [2.75, 3.05) is 31.1 Å². The Labute approximate surface area is 279 Å². The average molecular weight is 657 g/mol. The summed E-state index contributed by atoms with van der Waals surface area (Å²) in [6.07, 6.45) is 17.2. The van der Waals surface area contributed by atoms with Crippen molar-refractivity contribution in [1.82, 2.24) is 9.47 Å². The van der Waals surface area contributed by atoms with E-state index in [-0.39, 0.29) is 28.9 Å². The van der Waals surface area contributed by atoms with Crippen molar-refractivity contribution < 1.29 is 14.3 Å². The van der Waals surface area contributed by atoms with Gasteiger partial charge in [-0.2, -0.15) is 5.26 Å². The van der Waals surface area contributed by atoms with Crippen LogP contribution in [0.1, 0.15) is 127 Å². The van der Waals surface area contributed by atoms with Gasteiger partial charge in [0.25, 0.3) is 11.5 Å². The fourth-order valence-corrected chi connectivity index (χ4v) is 7.50. The van der Waals surface area contributed by atoms with Gasteiger partial charge in [0, 0.05) is 31.7 Å². The number of carbonyl (C=O) groups excluding carboxylic acids is 2. The molecule has 0 aromatic carbocycles. The Hall–Kier alpha value is -2.64. The van der Waals surface area contributed by atoms with E-state index in [2.05, 4.69) is 24.8 Å². The molecule has 1 amide bonds. The first kappa shape index (κ1) is 36.8. The number of aromatic nitrogens is 1. The van der Waals surface area contributed by atoms with Crippen molar-refractivity contribution in [3.63, 3.8) is 0 Å². The summed E-state index contributed by atoms with van der Waals surface area (Å²) < 4.78 is 7.56. The summed E-state index contributed by atoms with van der Waals surface area (Å²) in [5, 5.41) is 10.0. The second-order valence-electron chi connectivity index (χ2n) is 12.2. The molecule has 1 aromatic heterocycles. The molecule has 3 heterocycles. The molecule has 2 aliphatic heterocycles. The molecule has 248 valence electrons. The molecule has 0 bridgehead atoms. The van der Waals surface area contributed by atoms with Gasteiger partial charge in [0.05, 0.1) is 17.4 Å². The van der Waals surface area contributed by atoms with Gasteiger partial charge in [-0.05, 0) is 51.2 Å². The molecule has 0 N–H and O–H groups in total. The number of nitriles is 1. The number of ether oxygens (including phenoxy) is 1. The third-order valence-electron chi connectivity index (χ3n) is 8.81. The SMILES string of the molecule is CCCCCCCCCCCCN1C(=O)/C(=C\c2c(C)c(C#N)c(=O)n(CCCC)c2N2CCCC(C(=O)OCC)C2)SC1=S. The third-order valence-corrected chi connectivity index (χ3v) is 10.2. The number of amides is 1. The first-order valence-electron chi connectivity index (χ1n) is 17.1. The number of piperidine rings is 1. The molecule has 2 aliphatic rings. The molecule has 45 heavy (non-hydrogen) atoms. The van der Waals surface area contributed by atoms with Crippen molar-refractivity contribution in [3.8, 4) is 6.07 Å². The molecule has 1 unspecified atom stereocenters. The monoisotopic (exact) mass is 656 g/mol. The minimum Gasteiger partial charge on any atom is -0.466 e. The number of nitrogens with zero attached hydrogens (tertiary/aromatic N) is 4. The van der Waals surface area contributed by atoms with Crippen LogP contribution in [0.25, 0.3) is 6.08 Å². The predicted octanol–water partition coefficient (Wildman–Crippen LogP) is 7.73. The lowest BCUT2D eigenvalue weighted by atomic mass is 9.96. The lowest BCUT2D eigenvalue weighted by molar-refractivity contribution is -0.148. The van der Waals surface area contributed by atoms with Gasteiger partial charge in [-0.25, -0.2) is 0 Å². The molecule has 0 saturated carbocycles. The van der Waals surface area contributed by atoms with E-state index < -0.39 is 0 Å². The first-order chi connectivity index (χ1) is 21.8. The topological polar surface area (TPSA) is 95.6 Å². The van der Waals surface area contributed by atoms with E-state index in [0.29, 0.717) is 59.0 Å². The number of hydrogen-bond donors (Lipinski definition) is 0. The number of pyridine rings is 1. The number of esters is 1. The highest BCUT2D eigenvalue weighted by molar-refractivity contribution is 8.26. The van der Waals surface area contributed by atoms with Crippen LogP contribution in [0.15, 0.2) is 9.70 Å². The zero-order valence-electron chi connectivity index (χ0n) is 27.8. The maximum Gasteiger partial charge on any atom is 0.310 e. The van der Waals surface area contributed by atoms with Crippen LogP contribution >= 0.6 is 24.0 Å². The van der Waals surface area contributed by atoms with E-state index in [9.17, 15) is 19.6 Å². The molecule has 0 radical (unpaired) electrons. The molecule has 2 saturated heterocycles. The summed E-state index contributed by atoms with van der Waals surface area (Å²) in [6, 6.07) is 2.13. The Kier molecular flexibility index (Phi) is 15.6. The van der Waals surface area contributed by atoms with E-state index in [1.165, 1.54) is 63.1 Å². The summed E-state index contributed by atoms with van der Waals surface area (Å²) in [5.74, 6) is -0.000966. The van der Waals surface area contributed by atoms with E-state index in [4.69, 9.17) is 17.0 Å². The fraction of sp³-hybridized carbons (Fsp3) is 0.686. The number of thiocarbonyl (C=S) groups is 1. The zero-order valence-corrected chi connectivity index (χ0v) is 29.5. The standard InChI is InChI=1S/C35H52N4O4S2/c1-5-8-10-11-12-13-14-15-16-17-22-39-33(41)30(45-35(39)44)23-28-26(4)29(24-36)32(40)38(21-9-6-2)31(28)37-20-18-19-27(25-37)34(42)43-7-3/h23,27H,5-22,25H2,1-4H3/b30-23+. The Morgan fingerprint density at radius 1 is 1.00 bits per heavy atom. The molecule has 0 spiro atoms. The van der Waals surface area contributed by atoms with Crippen LogP contribution in [0.2, 0.25) is 0 Å². The Bertz CT molecular complexity index is 1320. The summed E-state index contributed by atoms with van der Waals surface area (Å²) in [4.78, 5) is 44.3. The number of rotatable bonds is 18. The quantitative estimate of drug-likeness (QED) is 0.0686. The van der Waals surface area contributed by atoms with Gasteiger partial charge in [0.15, 0.2) is 0 Å². The van der Waals surface area contributed by atoms with Gasteiger partial charge >= 0.3 is 5.97 Å². The van der Waals surface area contributed by atoms with E-state index in [0.717, 1.165) is 38.5 Å². The van der Waals surface area contributed by atoms with Gasteiger partial charge in [-0.15, -0.1) is 0 Å². The van der Waals surface area contributed by atoms with Crippen LogP contribution in [0.5, 0.6) is 0 Å². The van der Waals surface area contributed by atoms with Crippen LogP contribution in [0, 0.1) is 24.2 Å². The largest absolute Gasteiger partial charge is 0.466 e. The highest BCUT2D eigenvalue weighted by atomic mass is 32.2. The third kappa shape index (κ3) is 9.92. The summed E-state index contributed by atoms with van der Waals surface area (Å²) >= 11 is 6.93. The second-order valence-corrected chi connectivity index (χ2v) is 13.9. The highest BCUT2D eigenvalue weighted by Crippen LogP contribution is 2.37. The van der Waals surface area contributed by atoms with Gasteiger partial charge in [-0.1, -0.05) is 102 Å². The summed E-state index contributed by atoms with van der Waals surface area (Å²) in [6.45, 7) is 10.3. The summed E-state index contributed by atoms with van der Waals surface area (Å²) in [7, 11) is 0. The van der Waals surface area contributed by atoms with E-state index in [1.54, 1.807) is 23.3 Å². The highest BCUT2D eigenvalue weighted by Gasteiger charge is 2.34. The summed E-state index contributed by atoms with van der Waals surface area (Å²) in [5.41, 5.74) is 0.970. The van der Waals surface area contributed by atoms with Crippen molar-refractivity contribution >= 4 is 52.1 Å². The fourth-order valence-electron chi connectivity index (χ4n) is 6.21. The number of thioether (sulfide) groups is 1. The number of hydrogen-bond acceptors (Lipinski definition) is 8. The van der Waals surface area contributed by atoms with Gasteiger partial charge < -0.3 is 9.64 Å². The van der Waals surface area contributed by atoms with E-state index in [1.807, 2.05) is 6.08 Å². The average Bonchev–Trinajstić information content (AvgIpc) is 3.30. The minimum absolute atomic E-state index is 0.0842. The van der Waals surface area contributed by atoms with Crippen molar-refractivity contribution in [3.05, 3.63) is 31.9 Å². The van der Waals surface area contributed by atoms with Crippen molar-refractivity contribution in [2.45, 2.75) is 124 Å². The van der Waals surface area contributed by atoms with Crippen molar-refractivity contribution in [2.24, 2.45) is 5.92 Å². The van der Waals surface area contributed by atoms with Gasteiger partial charge in [0.1, 0.15) is 21.8 Å². The molecule has 1 aromatic rings. The van der Waals surface area contributed by atoms with E-state index >= 15 is 0 Å². The molecule has 1 atom stereocenters. The maximum atomic E-state index is 13.6. The van der Waals surface area contributed by atoms with Gasteiger partial charge in [-0.3, -0.25) is 23.9 Å². The molecule has 2 fully saturated rings. The zero-order chi connectivity index (χ0) is 32.8. The van der Waals surface area contributed by atoms with Gasteiger partial charge in [0.2, 0.25) is 0 Å².